The molecule has 0 bridgehead atoms. The molecule has 3 nitrogen and oxygen atoms in total. The molecule has 3 aromatic carbocycles. The molecule has 4 heteroatoms. The van der Waals surface area contributed by atoms with Crippen molar-refractivity contribution in [2.24, 2.45) is 0 Å². The number of hydrogen-bond acceptors (Lipinski definition) is 3. The Morgan fingerprint density at radius 2 is 1.69 bits per heavy atom. The molecule has 0 unspecified atom stereocenters. The van der Waals surface area contributed by atoms with Crippen molar-refractivity contribution in [3.8, 4) is 10.6 Å². The molecule has 4 rings (SSSR count). The van der Waals surface area contributed by atoms with Gasteiger partial charge in [0.05, 0.1) is 5.69 Å². The van der Waals surface area contributed by atoms with Gasteiger partial charge in [-0.3, -0.25) is 4.79 Å². The molecule has 0 spiro atoms. The first-order valence-electron chi connectivity index (χ1n) is 8.56. The molecule has 1 aromatic heterocycles. The van der Waals surface area contributed by atoms with Crippen molar-refractivity contribution >= 4 is 28.0 Å². The SMILES string of the molecule is O=C(NCCc1csc(-c2ccccc2)n1)c1ccc2ccccc2c1. The average molecular weight is 358 g/mol. The van der Waals surface area contributed by atoms with Gasteiger partial charge in [0, 0.05) is 29.5 Å². The van der Waals surface area contributed by atoms with Crippen LogP contribution in [0.3, 0.4) is 0 Å². The standard InChI is InChI=1S/C22H18N2OS/c25-21(19-11-10-16-6-4-5-9-18(16)14-19)23-13-12-20-15-26-22(24-20)17-7-2-1-3-8-17/h1-11,14-15H,12-13H2,(H,23,25). The van der Waals surface area contributed by atoms with E-state index >= 15 is 0 Å². The van der Waals surface area contributed by atoms with Crippen molar-refractivity contribution in [3.05, 3.63) is 89.4 Å². The van der Waals surface area contributed by atoms with Crippen LogP contribution in [0.5, 0.6) is 0 Å². The van der Waals surface area contributed by atoms with E-state index in [1.165, 1.54) is 0 Å². The van der Waals surface area contributed by atoms with Crippen molar-refractivity contribution in [2.45, 2.75) is 6.42 Å². The monoisotopic (exact) mass is 358 g/mol. The number of carbonyl (C=O) groups is 1. The first-order valence-corrected chi connectivity index (χ1v) is 9.44. The highest BCUT2D eigenvalue weighted by Gasteiger charge is 2.08. The van der Waals surface area contributed by atoms with Crippen molar-refractivity contribution in [3.63, 3.8) is 0 Å². The van der Waals surface area contributed by atoms with Gasteiger partial charge in [-0.25, -0.2) is 4.98 Å². The number of amides is 1. The van der Waals surface area contributed by atoms with Gasteiger partial charge in [0.15, 0.2) is 0 Å². The minimum atomic E-state index is -0.0470. The van der Waals surface area contributed by atoms with Crippen LogP contribution in [-0.2, 0) is 6.42 Å². The van der Waals surface area contributed by atoms with Crippen molar-refractivity contribution in [1.82, 2.24) is 10.3 Å². The predicted molar refractivity (Wildman–Crippen MR) is 108 cm³/mol. The Kier molecular flexibility index (Phi) is 4.75. The van der Waals surface area contributed by atoms with E-state index in [0.29, 0.717) is 12.1 Å². The average Bonchev–Trinajstić information content (AvgIpc) is 3.17. The summed E-state index contributed by atoms with van der Waals surface area (Å²) < 4.78 is 0. The number of thiazole rings is 1. The third-order valence-electron chi connectivity index (χ3n) is 4.25. The van der Waals surface area contributed by atoms with Crippen LogP contribution in [0.2, 0.25) is 0 Å². The van der Waals surface area contributed by atoms with E-state index in [0.717, 1.165) is 33.5 Å². The quantitative estimate of drug-likeness (QED) is 0.549. The van der Waals surface area contributed by atoms with Gasteiger partial charge in [0.25, 0.3) is 5.91 Å². The molecule has 4 aromatic rings. The molecule has 0 saturated heterocycles. The fraction of sp³-hybridized carbons (Fsp3) is 0.0909. The highest BCUT2D eigenvalue weighted by atomic mass is 32.1. The summed E-state index contributed by atoms with van der Waals surface area (Å²) in [5, 5.41) is 8.28. The summed E-state index contributed by atoms with van der Waals surface area (Å²) in [6, 6.07) is 24.0. The van der Waals surface area contributed by atoms with Crippen molar-refractivity contribution in [1.29, 1.82) is 0 Å². The molecule has 0 aliphatic rings. The largest absolute Gasteiger partial charge is 0.352 e. The maximum Gasteiger partial charge on any atom is 0.251 e. The van der Waals surface area contributed by atoms with Crippen LogP contribution in [0.15, 0.2) is 78.2 Å². The smallest absolute Gasteiger partial charge is 0.251 e. The zero-order valence-electron chi connectivity index (χ0n) is 14.2. The number of carbonyl (C=O) groups excluding carboxylic acids is 1. The number of benzene rings is 3. The second-order valence-electron chi connectivity index (χ2n) is 6.08. The molecule has 0 aliphatic carbocycles. The van der Waals surface area contributed by atoms with Gasteiger partial charge < -0.3 is 5.32 Å². The molecule has 1 heterocycles. The van der Waals surface area contributed by atoms with Crippen LogP contribution >= 0.6 is 11.3 Å². The minimum absolute atomic E-state index is 0.0470. The Morgan fingerprint density at radius 1 is 0.923 bits per heavy atom. The summed E-state index contributed by atoms with van der Waals surface area (Å²) in [6.07, 6.45) is 0.725. The Morgan fingerprint density at radius 3 is 2.54 bits per heavy atom. The molecule has 128 valence electrons. The second kappa shape index (κ2) is 7.50. The Labute approximate surface area is 156 Å². The van der Waals surface area contributed by atoms with Crippen LogP contribution in [0, 0.1) is 0 Å². The third kappa shape index (κ3) is 3.65. The first kappa shape index (κ1) is 16.5. The normalized spacial score (nSPS) is 10.8. The van der Waals surface area contributed by atoms with Crippen LogP contribution in [-0.4, -0.2) is 17.4 Å². The van der Waals surface area contributed by atoms with E-state index in [-0.39, 0.29) is 5.91 Å². The van der Waals surface area contributed by atoms with Gasteiger partial charge in [0.2, 0.25) is 0 Å². The Balaban J connectivity index is 1.37. The van der Waals surface area contributed by atoms with Crippen LogP contribution in [0.1, 0.15) is 16.1 Å². The minimum Gasteiger partial charge on any atom is -0.352 e. The fourth-order valence-electron chi connectivity index (χ4n) is 2.87. The van der Waals surface area contributed by atoms with Gasteiger partial charge in [0.1, 0.15) is 5.01 Å². The van der Waals surface area contributed by atoms with Crippen molar-refractivity contribution < 1.29 is 4.79 Å². The van der Waals surface area contributed by atoms with Crippen LogP contribution in [0.25, 0.3) is 21.3 Å². The molecule has 0 saturated carbocycles. The molecule has 0 atom stereocenters. The van der Waals surface area contributed by atoms with E-state index in [4.69, 9.17) is 0 Å². The third-order valence-corrected chi connectivity index (χ3v) is 5.19. The lowest BCUT2D eigenvalue weighted by atomic mass is 10.1. The lowest BCUT2D eigenvalue weighted by Gasteiger charge is -2.05. The summed E-state index contributed by atoms with van der Waals surface area (Å²) in [6.45, 7) is 0.573. The predicted octanol–water partition coefficient (Wildman–Crippen LogP) is 4.94. The molecule has 0 radical (unpaired) electrons. The maximum atomic E-state index is 12.4. The Bertz CT molecular complexity index is 1040. The molecule has 0 fully saturated rings. The van der Waals surface area contributed by atoms with E-state index in [2.05, 4.69) is 27.8 Å². The van der Waals surface area contributed by atoms with Gasteiger partial charge in [-0.1, -0.05) is 60.7 Å². The van der Waals surface area contributed by atoms with E-state index in [1.807, 2.05) is 60.7 Å². The van der Waals surface area contributed by atoms with Crippen LogP contribution in [0.4, 0.5) is 0 Å². The van der Waals surface area contributed by atoms with Gasteiger partial charge in [-0.2, -0.15) is 0 Å². The van der Waals surface area contributed by atoms with Gasteiger partial charge in [-0.05, 0) is 22.9 Å². The van der Waals surface area contributed by atoms with Gasteiger partial charge in [-0.15, -0.1) is 11.3 Å². The number of nitrogens with one attached hydrogen (secondary N) is 1. The maximum absolute atomic E-state index is 12.4. The molecule has 0 aliphatic heterocycles. The summed E-state index contributed by atoms with van der Waals surface area (Å²) >= 11 is 1.64. The van der Waals surface area contributed by atoms with Crippen LogP contribution < -0.4 is 5.32 Å². The number of nitrogens with zero attached hydrogens (tertiary/aromatic N) is 1. The summed E-state index contributed by atoms with van der Waals surface area (Å²) in [7, 11) is 0. The number of aromatic nitrogens is 1. The lowest BCUT2D eigenvalue weighted by molar-refractivity contribution is 0.0954. The highest BCUT2D eigenvalue weighted by Crippen LogP contribution is 2.23. The van der Waals surface area contributed by atoms with Gasteiger partial charge >= 0.3 is 0 Å². The van der Waals surface area contributed by atoms with E-state index in [9.17, 15) is 4.79 Å². The molecular weight excluding hydrogens is 340 g/mol. The Hall–Kier alpha value is -2.98. The molecule has 26 heavy (non-hydrogen) atoms. The lowest BCUT2D eigenvalue weighted by Crippen LogP contribution is -2.25. The summed E-state index contributed by atoms with van der Waals surface area (Å²) in [5.41, 5.74) is 2.82. The van der Waals surface area contributed by atoms with Crippen molar-refractivity contribution in [2.75, 3.05) is 6.54 Å². The zero-order chi connectivity index (χ0) is 17.8. The van der Waals surface area contributed by atoms with E-state index < -0.39 is 0 Å². The second-order valence-corrected chi connectivity index (χ2v) is 6.94. The number of fused-ring (bicyclic) bond motifs is 1. The highest BCUT2D eigenvalue weighted by molar-refractivity contribution is 7.13. The molecule has 1 amide bonds. The summed E-state index contributed by atoms with van der Waals surface area (Å²) in [4.78, 5) is 17.0. The zero-order valence-corrected chi connectivity index (χ0v) is 15.0. The number of hydrogen-bond donors (Lipinski definition) is 1. The van der Waals surface area contributed by atoms with E-state index in [1.54, 1.807) is 11.3 Å². The topological polar surface area (TPSA) is 42.0 Å². The molecule has 1 N–H and O–H groups in total. The number of rotatable bonds is 5. The first-order chi connectivity index (χ1) is 12.8. The fourth-order valence-corrected chi connectivity index (χ4v) is 3.73. The summed E-state index contributed by atoms with van der Waals surface area (Å²) in [5.74, 6) is -0.0470. The molecular formula is C22H18N2OS.